The Morgan fingerprint density at radius 1 is 1.17 bits per heavy atom. The van der Waals surface area contributed by atoms with Gasteiger partial charge in [0.2, 0.25) is 0 Å². The summed E-state index contributed by atoms with van der Waals surface area (Å²) in [6.07, 6.45) is 3.64. The van der Waals surface area contributed by atoms with E-state index in [9.17, 15) is 0 Å². The first-order valence-electron chi connectivity index (χ1n) is 6.37. The molecule has 0 bridgehead atoms. The summed E-state index contributed by atoms with van der Waals surface area (Å²) in [4.78, 5) is 7.40. The molecular formula is C15H21N3. The molecule has 18 heavy (non-hydrogen) atoms. The van der Waals surface area contributed by atoms with Crippen LogP contribution in [0.5, 0.6) is 0 Å². The van der Waals surface area contributed by atoms with Crippen LogP contribution < -0.4 is 5.32 Å². The molecule has 0 fully saturated rings. The molecule has 2 aromatic rings. The Kier molecular flexibility index (Phi) is 3.82. The molecule has 0 spiro atoms. The minimum absolute atomic E-state index is 0.237. The summed E-state index contributed by atoms with van der Waals surface area (Å²) in [5.41, 5.74) is 5.41. The third-order valence-electron chi connectivity index (χ3n) is 3.48. The van der Waals surface area contributed by atoms with Crippen LogP contribution in [0.4, 0.5) is 0 Å². The summed E-state index contributed by atoms with van der Waals surface area (Å²) in [7, 11) is 0. The number of aryl methyl sites for hydroxylation is 3. The van der Waals surface area contributed by atoms with E-state index in [1.807, 2.05) is 6.20 Å². The van der Waals surface area contributed by atoms with Gasteiger partial charge < -0.3 is 10.3 Å². The van der Waals surface area contributed by atoms with Gasteiger partial charge in [0.05, 0.1) is 6.04 Å². The number of hydrogen-bond donors (Lipinski definition) is 2. The van der Waals surface area contributed by atoms with Crippen molar-refractivity contribution in [2.45, 2.75) is 40.3 Å². The lowest BCUT2D eigenvalue weighted by Crippen LogP contribution is -2.19. The largest absolute Gasteiger partial charge is 0.347 e. The van der Waals surface area contributed by atoms with Gasteiger partial charge in [0.1, 0.15) is 5.82 Å². The molecule has 2 N–H and O–H groups in total. The van der Waals surface area contributed by atoms with Crippen molar-refractivity contribution in [2.24, 2.45) is 0 Å². The summed E-state index contributed by atoms with van der Waals surface area (Å²) in [5, 5.41) is 3.50. The fourth-order valence-corrected chi connectivity index (χ4v) is 2.08. The number of H-pyrrole nitrogens is 1. The maximum atomic E-state index is 4.26. The zero-order valence-electron chi connectivity index (χ0n) is 11.5. The van der Waals surface area contributed by atoms with Gasteiger partial charge in [0.25, 0.3) is 0 Å². The summed E-state index contributed by atoms with van der Waals surface area (Å²) in [5.74, 6) is 0.983. The number of nitrogens with one attached hydrogen (secondary N) is 2. The molecule has 0 amide bonds. The highest BCUT2D eigenvalue weighted by atomic mass is 15.0. The maximum Gasteiger partial charge on any atom is 0.122 e. The van der Waals surface area contributed by atoms with Crippen LogP contribution in [0.2, 0.25) is 0 Å². The van der Waals surface area contributed by atoms with Gasteiger partial charge in [-0.3, -0.25) is 0 Å². The number of hydrogen-bond acceptors (Lipinski definition) is 2. The Labute approximate surface area is 109 Å². The standard InChI is InChI=1S/C15H21N3/c1-10-7-12(3)14(8-11(10)2)9-18-13(4)15-16-5-6-17-15/h5-8,13,18H,9H2,1-4H3,(H,16,17). The zero-order valence-corrected chi connectivity index (χ0v) is 11.5. The highest BCUT2D eigenvalue weighted by Gasteiger charge is 2.08. The Morgan fingerprint density at radius 2 is 1.89 bits per heavy atom. The van der Waals surface area contributed by atoms with E-state index >= 15 is 0 Å². The molecule has 0 radical (unpaired) electrons. The summed E-state index contributed by atoms with van der Waals surface area (Å²) in [6.45, 7) is 9.48. The summed E-state index contributed by atoms with van der Waals surface area (Å²) < 4.78 is 0. The highest BCUT2D eigenvalue weighted by Crippen LogP contribution is 2.16. The first kappa shape index (κ1) is 12.8. The van der Waals surface area contributed by atoms with Crippen LogP contribution in [0.25, 0.3) is 0 Å². The molecule has 1 heterocycles. The lowest BCUT2D eigenvalue weighted by molar-refractivity contribution is 0.549. The molecule has 0 saturated heterocycles. The quantitative estimate of drug-likeness (QED) is 0.866. The van der Waals surface area contributed by atoms with E-state index in [0.717, 1.165) is 12.4 Å². The molecule has 0 aliphatic rings. The predicted molar refractivity (Wildman–Crippen MR) is 74.5 cm³/mol. The van der Waals surface area contributed by atoms with Crippen LogP contribution in [0.1, 0.15) is 41.0 Å². The third-order valence-corrected chi connectivity index (χ3v) is 3.48. The molecule has 1 aromatic heterocycles. The molecule has 0 aliphatic heterocycles. The number of benzene rings is 1. The van der Waals surface area contributed by atoms with E-state index in [1.165, 1.54) is 22.3 Å². The van der Waals surface area contributed by atoms with Crippen molar-refractivity contribution in [1.29, 1.82) is 0 Å². The average Bonchev–Trinajstić information content (AvgIpc) is 2.85. The minimum Gasteiger partial charge on any atom is -0.347 e. The first-order valence-corrected chi connectivity index (χ1v) is 6.37. The molecular weight excluding hydrogens is 222 g/mol. The summed E-state index contributed by atoms with van der Waals surface area (Å²) >= 11 is 0. The van der Waals surface area contributed by atoms with Crippen molar-refractivity contribution in [3.63, 3.8) is 0 Å². The van der Waals surface area contributed by atoms with Crippen molar-refractivity contribution in [3.8, 4) is 0 Å². The Morgan fingerprint density at radius 3 is 2.56 bits per heavy atom. The van der Waals surface area contributed by atoms with Gasteiger partial charge in [-0.2, -0.15) is 0 Å². The molecule has 0 saturated carbocycles. The van der Waals surface area contributed by atoms with Gasteiger partial charge in [-0.25, -0.2) is 4.98 Å². The normalized spacial score (nSPS) is 12.7. The number of imidazole rings is 1. The lowest BCUT2D eigenvalue weighted by atomic mass is 10.0. The van der Waals surface area contributed by atoms with E-state index in [0.29, 0.717) is 0 Å². The van der Waals surface area contributed by atoms with Gasteiger partial charge in [0.15, 0.2) is 0 Å². The second-order valence-corrected chi connectivity index (χ2v) is 4.94. The third kappa shape index (κ3) is 2.79. The van der Waals surface area contributed by atoms with Gasteiger partial charge in [-0.05, 0) is 49.9 Å². The fraction of sp³-hybridized carbons (Fsp3) is 0.400. The van der Waals surface area contributed by atoms with E-state index in [-0.39, 0.29) is 6.04 Å². The van der Waals surface area contributed by atoms with Crippen molar-refractivity contribution in [2.75, 3.05) is 0 Å². The lowest BCUT2D eigenvalue weighted by Gasteiger charge is -2.14. The number of nitrogens with zero attached hydrogens (tertiary/aromatic N) is 1. The number of rotatable bonds is 4. The Bertz CT molecular complexity index is 515. The molecule has 1 atom stereocenters. The minimum atomic E-state index is 0.237. The van der Waals surface area contributed by atoms with Crippen LogP contribution in [0.15, 0.2) is 24.5 Å². The predicted octanol–water partition coefficient (Wildman–Crippen LogP) is 3.19. The monoisotopic (exact) mass is 243 g/mol. The second kappa shape index (κ2) is 5.36. The molecule has 3 heteroatoms. The van der Waals surface area contributed by atoms with Gasteiger partial charge in [-0.1, -0.05) is 12.1 Å². The van der Waals surface area contributed by atoms with E-state index < -0.39 is 0 Å². The molecule has 0 aliphatic carbocycles. The van der Waals surface area contributed by atoms with Crippen molar-refractivity contribution in [3.05, 3.63) is 52.6 Å². The van der Waals surface area contributed by atoms with Crippen molar-refractivity contribution >= 4 is 0 Å². The van der Waals surface area contributed by atoms with E-state index in [4.69, 9.17) is 0 Å². The molecule has 96 valence electrons. The molecule has 1 unspecified atom stereocenters. The summed E-state index contributed by atoms with van der Waals surface area (Å²) in [6, 6.07) is 4.76. The van der Waals surface area contributed by atoms with Crippen molar-refractivity contribution in [1.82, 2.24) is 15.3 Å². The molecule has 3 nitrogen and oxygen atoms in total. The van der Waals surface area contributed by atoms with Crippen LogP contribution in [0.3, 0.4) is 0 Å². The van der Waals surface area contributed by atoms with Crippen LogP contribution >= 0.6 is 0 Å². The van der Waals surface area contributed by atoms with Gasteiger partial charge >= 0.3 is 0 Å². The Balaban J connectivity index is 2.04. The van der Waals surface area contributed by atoms with Crippen LogP contribution in [0, 0.1) is 20.8 Å². The fourth-order valence-electron chi connectivity index (χ4n) is 2.08. The highest BCUT2D eigenvalue weighted by molar-refractivity contribution is 5.36. The second-order valence-electron chi connectivity index (χ2n) is 4.94. The average molecular weight is 243 g/mol. The van der Waals surface area contributed by atoms with Crippen molar-refractivity contribution < 1.29 is 0 Å². The van der Waals surface area contributed by atoms with E-state index in [1.54, 1.807) is 6.20 Å². The number of aromatic nitrogens is 2. The molecule has 1 aromatic carbocycles. The first-order chi connectivity index (χ1) is 8.58. The van der Waals surface area contributed by atoms with Gasteiger partial charge in [0, 0.05) is 18.9 Å². The van der Waals surface area contributed by atoms with Crippen LogP contribution in [-0.2, 0) is 6.54 Å². The Hall–Kier alpha value is -1.61. The maximum absolute atomic E-state index is 4.26. The number of aromatic amines is 1. The smallest absolute Gasteiger partial charge is 0.122 e. The topological polar surface area (TPSA) is 40.7 Å². The SMILES string of the molecule is Cc1cc(C)c(CNC(C)c2ncc[nH]2)cc1C. The van der Waals surface area contributed by atoms with Gasteiger partial charge in [-0.15, -0.1) is 0 Å². The van der Waals surface area contributed by atoms with E-state index in [2.05, 4.69) is 55.1 Å². The van der Waals surface area contributed by atoms with Crippen LogP contribution in [-0.4, -0.2) is 9.97 Å². The zero-order chi connectivity index (χ0) is 13.1. The molecule has 2 rings (SSSR count).